The lowest BCUT2D eigenvalue weighted by molar-refractivity contribution is 0.0690. The van der Waals surface area contributed by atoms with E-state index in [0.29, 0.717) is 17.5 Å². The van der Waals surface area contributed by atoms with Crippen LogP contribution in [0.2, 0.25) is 0 Å². The highest BCUT2D eigenvalue weighted by molar-refractivity contribution is 5.93. The molecule has 0 aromatic carbocycles. The number of anilines is 1. The molecule has 1 aliphatic carbocycles. The molecule has 1 fully saturated rings. The van der Waals surface area contributed by atoms with Crippen LogP contribution in [-0.4, -0.2) is 33.6 Å². The molecule has 2 aromatic rings. The van der Waals surface area contributed by atoms with Gasteiger partial charge in [0.1, 0.15) is 5.65 Å². The molecule has 1 saturated carbocycles. The highest BCUT2D eigenvalue weighted by Crippen LogP contribution is 2.31. The zero-order valence-corrected chi connectivity index (χ0v) is 12.5. The Balaban J connectivity index is 1.99. The van der Waals surface area contributed by atoms with Crippen molar-refractivity contribution < 1.29 is 9.90 Å². The molecule has 0 saturated heterocycles. The fourth-order valence-electron chi connectivity index (χ4n) is 3.23. The van der Waals surface area contributed by atoms with E-state index in [1.165, 1.54) is 12.8 Å². The molecule has 2 heterocycles. The van der Waals surface area contributed by atoms with Crippen LogP contribution < -0.4 is 4.90 Å². The molecular formula is C16H21N3O2. The van der Waals surface area contributed by atoms with Crippen LogP contribution in [0.15, 0.2) is 24.4 Å². The molecule has 0 bridgehead atoms. The van der Waals surface area contributed by atoms with Crippen molar-refractivity contribution in [1.82, 2.24) is 9.38 Å². The molecule has 21 heavy (non-hydrogen) atoms. The second kappa shape index (κ2) is 5.39. The van der Waals surface area contributed by atoms with Crippen LogP contribution in [0.1, 0.15) is 43.1 Å². The number of aromatic nitrogens is 2. The summed E-state index contributed by atoms with van der Waals surface area (Å²) in [5, 5.41) is 9.55. The van der Waals surface area contributed by atoms with Crippen molar-refractivity contribution in [3.05, 3.63) is 30.1 Å². The largest absolute Gasteiger partial charge is 0.476 e. The quantitative estimate of drug-likeness (QED) is 0.942. The number of nitrogens with zero attached hydrogens (tertiary/aromatic N) is 3. The van der Waals surface area contributed by atoms with Crippen LogP contribution >= 0.6 is 0 Å². The summed E-state index contributed by atoms with van der Waals surface area (Å²) in [6.45, 7) is 2.28. The average Bonchev–Trinajstić information content (AvgIpc) is 2.86. The SMILES string of the molecule is CC1CCC(N(C)c2nc3ccccn3c2C(=O)O)CC1. The van der Waals surface area contributed by atoms with Gasteiger partial charge in [0.05, 0.1) is 0 Å². The highest BCUT2D eigenvalue weighted by atomic mass is 16.4. The summed E-state index contributed by atoms with van der Waals surface area (Å²) in [4.78, 5) is 18.2. The summed E-state index contributed by atoms with van der Waals surface area (Å²) in [5.74, 6) is 0.419. The molecule has 0 radical (unpaired) electrons. The monoisotopic (exact) mass is 287 g/mol. The predicted molar refractivity (Wildman–Crippen MR) is 82.0 cm³/mol. The van der Waals surface area contributed by atoms with E-state index in [1.54, 1.807) is 10.6 Å². The molecule has 5 nitrogen and oxygen atoms in total. The van der Waals surface area contributed by atoms with E-state index in [1.807, 2.05) is 25.2 Å². The van der Waals surface area contributed by atoms with Crippen LogP contribution in [-0.2, 0) is 0 Å². The van der Waals surface area contributed by atoms with Gasteiger partial charge in [0.2, 0.25) is 0 Å². The Kier molecular flexibility index (Phi) is 3.57. The van der Waals surface area contributed by atoms with Crippen LogP contribution in [0, 0.1) is 5.92 Å². The molecule has 0 amide bonds. The van der Waals surface area contributed by atoms with E-state index in [4.69, 9.17) is 0 Å². The van der Waals surface area contributed by atoms with Gasteiger partial charge in [0.15, 0.2) is 11.5 Å². The Morgan fingerprint density at radius 2 is 2.05 bits per heavy atom. The minimum absolute atomic E-state index is 0.256. The summed E-state index contributed by atoms with van der Waals surface area (Å²) < 4.78 is 1.65. The number of carbonyl (C=O) groups is 1. The maximum atomic E-state index is 11.6. The first-order valence-electron chi connectivity index (χ1n) is 7.51. The minimum Gasteiger partial charge on any atom is -0.476 e. The van der Waals surface area contributed by atoms with Gasteiger partial charge >= 0.3 is 5.97 Å². The van der Waals surface area contributed by atoms with Crippen molar-refractivity contribution in [1.29, 1.82) is 0 Å². The molecule has 2 aromatic heterocycles. The summed E-state index contributed by atoms with van der Waals surface area (Å²) in [6, 6.07) is 5.92. The molecule has 0 unspecified atom stereocenters. The Bertz CT molecular complexity index is 657. The Morgan fingerprint density at radius 1 is 1.33 bits per heavy atom. The summed E-state index contributed by atoms with van der Waals surface area (Å²) >= 11 is 0. The molecule has 0 aliphatic heterocycles. The first-order valence-corrected chi connectivity index (χ1v) is 7.51. The minimum atomic E-state index is -0.931. The molecule has 0 atom stereocenters. The van der Waals surface area contributed by atoms with Gasteiger partial charge in [-0.3, -0.25) is 4.40 Å². The van der Waals surface area contributed by atoms with Crippen LogP contribution in [0.4, 0.5) is 5.82 Å². The van der Waals surface area contributed by atoms with Crippen molar-refractivity contribution >= 4 is 17.4 Å². The van der Waals surface area contributed by atoms with E-state index in [2.05, 4.69) is 16.8 Å². The third-order valence-corrected chi connectivity index (χ3v) is 4.58. The highest BCUT2D eigenvalue weighted by Gasteiger charge is 2.28. The predicted octanol–water partition coefficient (Wildman–Crippen LogP) is 3.05. The standard InChI is InChI=1S/C16H21N3O2/c1-11-6-8-12(9-7-11)18(2)15-14(16(20)21)19-10-4-3-5-13(19)17-15/h3-5,10-12H,6-9H2,1-2H3,(H,20,21). The Hall–Kier alpha value is -2.04. The van der Waals surface area contributed by atoms with Gasteiger partial charge in [-0.1, -0.05) is 13.0 Å². The van der Waals surface area contributed by atoms with E-state index in [9.17, 15) is 9.90 Å². The third-order valence-electron chi connectivity index (χ3n) is 4.58. The number of pyridine rings is 1. The van der Waals surface area contributed by atoms with E-state index in [0.717, 1.165) is 18.8 Å². The maximum Gasteiger partial charge on any atom is 0.356 e. The van der Waals surface area contributed by atoms with Crippen molar-refractivity contribution in [2.24, 2.45) is 5.92 Å². The van der Waals surface area contributed by atoms with Gasteiger partial charge in [-0.2, -0.15) is 0 Å². The summed E-state index contributed by atoms with van der Waals surface area (Å²) in [6.07, 6.45) is 6.36. The second-order valence-electron chi connectivity index (χ2n) is 6.04. The number of aromatic carboxylic acids is 1. The number of carboxylic acids is 1. The topological polar surface area (TPSA) is 57.8 Å². The number of imidazole rings is 1. The van der Waals surface area contributed by atoms with Gasteiger partial charge in [-0.25, -0.2) is 9.78 Å². The number of hydrogen-bond acceptors (Lipinski definition) is 3. The number of hydrogen-bond donors (Lipinski definition) is 1. The van der Waals surface area contributed by atoms with Crippen molar-refractivity contribution in [3.63, 3.8) is 0 Å². The van der Waals surface area contributed by atoms with Crippen LogP contribution in [0.5, 0.6) is 0 Å². The molecule has 0 spiro atoms. The second-order valence-corrected chi connectivity index (χ2v) is 6.04. The van der Waals surface area contributed by atoms with Gasteiger partial charge in [0, 0.05) is 19.3 Å². The molecule has 1 aliphatic rings. The summed E-state index contributed by atoms with van der Waals surface area (Å²) in [7, 11) is 1.97. The number of fused-ring (bicyclic) bond motifs is 1. The van der Waals surface area contributed by atoms with Crippen molar-refractivity contribution in [3.8, 4) is 0 Å². The fraction of sp³-hybridized carbons (Fsp3) is 0.500. The molecule has 3 rings (SSSR count). The van der Waals surface area contributed by atoms with Crippen molar-refractivity contribution in [2.45, 2.75) is 38.6 Å². The zero-order chi connectivity index (χ0) is 15.0. The van der Waals surface area contributed by atoms with E-state index >= 15 is 0 Å². The molecule has 112 valence electrons. The molecular weight excluding hydrogens is 266 g/mol. The zero-order valence-electron chi connectivity index (χ0n) is 12.5. The lowest BCUT2D eigenvalue weighted by Crippen LogP contribution is -2.36. The smallest absolute Gasteiger partial charge is 0.356 e. The van der Waals surface area contributed by atoms with Crippen LogP contribution in [0.3, 0.4) is 0 Å². The number of carboxylic acid groups (broad SMARTS) is 1. The molecule has 5 heteroatoms. The average molecular weight is 287 g/mol. The van der Waals surface area contributed by atoms with Gasteiger partial charge in [-0.05, 0) is 43.7 Å². The first-order chi connectivity index (χ1) is 10.1. The number of rotatable bonds is 3. The maximum absolute atomic E-state index is 11.6. The molecule has 1 N–H and O–H groups in total. The first kappa shape index (κ1) is 13.9. The van der Waals surface area contributed by atoms with E-state index < -0.39 is 5.97 Å². The fourth-order valence-corrected chi connectivity index (χ4v) is 3.23. The van der Waals surface area contributed by atoms with Gasteiger partial charge in [-0.15, -0.1) is 0 Å². The van der Waals surface area contributed by atoms with Gasteiger partial charge in [0.25, 0.3) is 0 Å². The normalized spacial score (nSPS) is 22.4. The van der Waals surface area contributed by atoms with Crippen LogP contribution in [0.25, 0.3) is 5.65 Å². The van der Waals surface area contributed by atoms with Crippen molar-refractivity contribution in [2.75, 3.05) is 11.9 Å². The van der Waals surface area contributed by atoms with Gasteiger partial charge < -0.3 is 10.0 Å². The van der Waals surface area contributed by atoms with E-state index in [-0.39, 0.29) is 5.69 Å². The lowest BCUT2D eigenvalue weighted by Gasteiger charge is -2.34. The third kappa shape index (κ3) is 2.48. The Morgan fingerprint density at radius 3 is 2.71 bits per heavy atom. The Labute approximate surface area is 124 Å². The lowest BCUT2D eigenvalue weighted by atomic mass is 9.87. The summed E-state index contributed by atoms with van der Waals surface area (Å²) in [5.41, 5.74) is 0.938.